The predicted octanol–water partition coefficient (Wildman–Crippen LogP) is 5.60. The van der Waals surface area contributed by atoms with Gasteiger partial charge in [0.25, 0.3) is 0 Å². The molecule has 2 nitrogen and oxygen atoms in total. The van der Waals surface area contributed by atoms with Gasteiger partial charge in [-0.05, 0) is 46.2 Å². The Hall–Kier alpha value is -3.26. The number of fused-ring (bicyclic) bond motifs is 1. The van der Waals surface area contributed by atoms with Gasteiger partial charge in [-0.15, -0.1) is 0 Å². The van der Waals surface area contributed by atoms with Crippen LogP contribution >= 0.6 is 0 Å². The minimum Gasteiger partial charge on any atom is -0.508 e. The summed E-state index contributed by atoms with van der Waals surface area (Å²) in [6.07, 6.45) is 0. The quantitative estimate of drug-likeness (QED) is 0.480. The monoisotopic (exact) mass is 314 g/mol. The van der Waals surface area contributed by atoms with Crippen molar-refractivity contribution in [3.8, 4) is 22.6 Å². The number of phenolic OH excluding ortho intramolecular Hbond substituents is 2. The van der Waals surface area contributed by atoms with Crippen molar-refractivity contribution in [2.45, 2.75) is 0 Å². The minimum absolute atomic E-state index is 0.305. The van der Waals surface area contributed by atoms with Crippen LogP contribution in [-0.4, -0.2) is 10.2 Å². The molecule has 4 aromatic rings. The molecule has 0 saturated heterocycles. The molecule has 0 bridgehead atoms. The number of aromatic hydroxyl groups is 2. The average Bonchev–Trinajstić information content (AvgIpc) is 2.63. The molecule has 0 aromatic heterocycles. The van der Waals surface area contributed by atoms with Gasteiger partial charge in [-0.3, -0.25) is 0 Å². The van der Waals surface area contributed by atoms with Gasteiger partial charge in [0, 0.05) is 0 Å². The number of phenols is 2. The van der Waals surface area contributed by atoms with Crippen molar-refractivity contribution in [3.05, 3.63) is 97.1 Å². The van der Waals surface area contributed by atoms with E-state index in [0.717, 1.165) is 16.3 Å². The van der Waals surface area contributed by atoms with Crippen LogP contribution < -0.4 is 0 Å². The number of benzene rings is 4. The Labute approximate surface area is 141 Å². The standard InChI is InChI=1S/C12H10O.C10H8O/c13-12-8-6-11(7-9-12)10-4-2-1-3-5-10;11-10-6-5-8-3-1-2-4-9(8)7-10/h1-9,13H;1-7,11H. The summed E-state index contributed by atoms with van der Waals surface area (Å²) in [6.45, 7) is 0. The summed E-state index contributed by atoms with van der Waals surface area (Å²) < 4.78 is 0. The summed E-state index contributed by atoms with van der Waals surface area (Å²) in [5, 5.41) is 20.5. The molecule has 0 unspecified atom stereocenters. The predicted molar refractivity (Wildman–Crippen MR) is 99.2 cm³/mol. The van der Waals surface area contributed by atoms with Gasteiger partial charge < -0.3 is 10.2 Å². The van der Waals surface area contributed by atoms with E-state index in [4.69, 9.17) is 10.2 Å². The SMILES string of the molecule is Oc1ccc(-c2ccccc2)cc1.Oc1ccc2ccccc2c1. The highest BCUT2D eigenvalue weighted by Crippen LogP contribution is 2.21. The van der Waals surface area contributed by atoms with Crippen molar-refractivity contribution >= 4 is 10.8 Å². The first-order valence-corrected chi connectivity index (χ1v) is 7.74. The smallest absolute Gasteiger partial charge is 0.116 e. The van der Waals surface area contributed by atoms with E-state index < -0.39 is 0 Å². The lowest BCUT2D eigenvalue weighted by Gasteiger charge is -2.00. The molecule has 0 aliphatic heterocycles. The van der Waals surface area contributed by atoms with Crippen molar-refractivity contribution in [2.24, 2.45) is 0 Å². The number of hydrogen-bond donors (Lipinski definition) is 2. The molecular weight excluding hydrogens is 296 g/mol. The first kappa shape index (κ1) is 15.6. The van der Waals surface area contributed by atoms with E-state index >= 15 is 0 Å². The molecule has 0 amide bonds. The van der Waals surface area contributed by atoms with Crippen LogP contribution in [-0.2, 0) is 0 Å². The highest BCUT2D eigenvalue weighted by atomic mass is 16.3. The van der Waals surface area contributed by atoms with Crippen LogP contribution in [0.5, 0.6) is 11.5 Å². The Morgan fingerprint density at radius 3 is 1.67 bits per heavy atom. The Balaban J connectivity index is 0.000000143. The maximum atomic E-state index is 9.13. The van der Waals surface area contributed by atoms with Crippen LogP contribution in [0, 0.1) is 0 Å². The maximum Gasteiger partial charge on any atom is 0.116 e. The Bertz CT molecular complexity index is 913. The second-order valence-corrected chi connectivity index (χ2v) is 5.44. The Morgan fingerprint density at radius 1 is 0.417 bits per heavy atom. The first-order chi connectivity index (χ1) is 11.7. The third-order valence-electron chi connectivity index (χ3n) is 3.71. The Kier molecular flexibility index (Phi) is 4.78. The third-order valence-corrected chi connectivity index (χ3v) is 3.71. The molecule has 0 radical (unpaired) electrons. The van der Waals surface area contributed by atoms with Gasteiger partial charge in [0.1, 0.15) is 11.5 Å². The summed E-state index contributed by atoms with van der Waals surface area (Å²) >= 11 is 0. The lowest BCUT2D eigenvalue weighted by Crippen LogP contribution is -1.74. The van der Waals surface area contributed by atoms with Crippen LogP contribution in [0.25, 0.3) is 21.9 Å². The van der Waals surface area contributed by atoms with E-state index in [1.54, 1.807) is 24.3 Å². The van der Waals surface area contributed by atoms with Crippen molar-refractivity contribution in [3.63, 3.8) is 0 Å². The second kappa shape index (κ2) is 7.34. The zero-order valence-corrected chi connectivity index (χ0v) is 13.1. The third kappa shape index (κ3) is 3.93. The van der Waals surface area contributed by atoms with E-state index in [2.05, 4.69) is 0 Å². The molecule has 24 heavy (non-hydrogen) atoms. The van der Waals surface area contributed by atoms with Crippen molar-refractivity contribution < 1.29 is 10.2 Å². The van der Waals surface area contributed by atoms with Crippen LogP contribution in [0.15, 0.2) is 97.1 Å². The number of rotatable bonds is 1. The Morgan fingerprint density at radius 2 is 0.958 bits per heavy atom. The van der Waals surface area contributed by atoms with Crippen molar-refractivity contribution in [1.82, 2.24) is 0 Å². The van der Waals surface area contributed by atoms with E-state index in [1.165, 1.54) is 5.56 Å². The molecule has 4 rings (SSSR count). The zero-order chi connectivity index (χ0) is 16.8. The summed E-state index contributed by atoms with van der Waals surface area (Å²) in [5.41, 5.74) is 2.29. The average molecular weight is 314 g/mol. The summed E-state index contributed by atoms with van der Waals surface area (Å²) in [7, 11) is 0. The fourth-order valence-corrected chi connectivity index (χ4v) is 2.46. The van der Waals surface area contributed by atoms with E-state index in [0.29, 0.717) is 11.5 Å². The summed E-state index contributed by atoms with van der Waals surface area (Å²) in [5.74, 6) is 0.628. The lowest BCUT2D eigenvalue weighted by molar-refractivity contribution is 0.475. The fourth-order valence-electron chi connectivity index (χ4n) is 2.46. The van der Waals surface area contributed by atoms with E-state index in [1.807, 2.05) is 72.8 Å². The summed E-state index contributed by atoms with van der Waals surface area (Å²) in [4.78, 5) is 0. The van der Waals surface area contributed by atoms with Crippen LogP contribution in [0.1, 0.15) is 0 Å². The highest BCUT2D eigenvalue weighted by molar-refractivity contribution is 5.83. The molecule has 0 spiro atoms. The van der Waals surface area contributed by atoms with Gasteiger partial charge in [0.05, 0.1) is 0 Å². The van der Waals surface area contributed by atoms with Gasteiger partial charge in [-0.1, -0.05) is 72.8 Å². The summed E-state index contributed by atoms with van der Waals surface area (Å²) in [6, 6.07) is 30.6. The van der Waals surface area contributed by atoms with E-state index in [-0.39, 0.29) is 0 Å². The fraction of sp³-hybridized carbons (Fsp3) is 0. The van der Waals surface area contributed by atoms with E-state index in [9.17, 15) is 0 Å². The second-order valence-electron chi connectivity index (χ2n) is 5.44. The topological polar surface area (TPSA) is 40.5 Å². The van der Waals surface area contributed by atoms with Gasteiger partial charge in [0.15, 0.2) is 0 Å². The molecule has 0 saturated carbocycles. The number of hydrogen-bond acceptors (Lipinski definition) is 2. The highest BCUT2D eigenvalue weighted by Gasteiger charge is 1.95. The largest absolute Gasteiger partial charge is 0.508 e. The van der Waals surface area contributed by atoms with Gasteiger partial charge in [-0.2, -0.15) is 0 Å². The van der Waals surface area contributed by atoms with Crippen LogP contribution in [0.3, 0.4) is 0 Å². The maximum absolute atomic E-state index is 9.13. The zero-order valence-electron chi connectivity index (χ0n) is 13.1. The first-order valence-electron chi connectivity index (χ1n) is 7.74. The molecule has 4 aromatic carbocycles. The van der Waals surface area contributed by atoms with Gasteiger partial charge in [0.2, 0.25) is 0 Å². The minimum atomic E-state index is 0.305. The molecule has 2 N–H and O–H groups in total. The molecule has 0 fully saturated rings. The van der Waals surface area contributed by atoms with Gasteiger partial charge >= 0.3 is 0 Å². The molecular formula is C22H18O2. The van der Waals surface area contributed by atoms with Crippen LogP contribution in [0.2, 0.25) is 0 Å². The molecule has 118 valence electrons. The lowest BCUT2D eigenvalue weighted by atomic mass is 10.1. The van der Waals surface area contributed by atoms with Crippen molar-refractivity contribution in [1.29, 1.82) is 0 Å². The van der Waals surface area contributed by atoms with Crippen LogP contribution in [0.4, 0.5) is 0 Å². The molecule has 0 aliphatic carbocycles. The molecule has 0 aliphatic rings. The molecule has 2 heteroatoms. The van der Waals surface area contributed by atoms with Crippen molar-refractivity contribution in [2.75, 3.05) is 0 Å². The van der Waals surface area contributed by atoms with Gasteiger partial charge in [-0.25, -0.2) is 0 Å². The molecule has 0 heterocycles. The normalized spacial score (nSPS) is 10.0. The molecule has 0 atom stereocenters.